The Balaban J connectivity index is 1.50. The van der Waals surface area contributed by atoms with Crippen molar-refractivity contribution in [2.45, 2.75) is 58.7 Å². The summed E-state index contributed by atoms with van der Waals surface area (Å²) < 4.78 is 22.5. The van der Waals surface area contributed by atoms with Gasteiger partial charge < -0.3 is 34.7 Å². The van der Waals surface area contributed by atoms with Crippen molar-refractivity contribution in [3.8, 4) is 39.8 Å². The Labute approximate surface area is 278 Å². The van der Waals surface area contributed by atoms with Crippen LogP contribution in [0, 0.1) is 5.92 Å². The minimum absolute atomic E-state index is 0.00206. The second-order valence-electron chi connectivity index (χ2n) is 11.6. The van der Waals surface area contributed by atoms with Crippen molar-refractivity contribution in [1.29, 1.82) is 0 Å². The predicted molar refractivity (Wildman–Crippen MR) is 179 cm³/mol. The Morgan fingerprint density at radius 1 is 1.08 bits per heavy atom. The van der Waals surface area contributed by atoms with E-state index in [9.17, 15) is 14.4 Å². The summed E-state index contributed by atoms with van der Waals surface area (Å²) in [6, 6.07) is 9.26. The van der Waals surface area contributed by atoms with Crippen molar-refractivity contribution < 1.29 is 28.3 Å². The number of fused-ring (bicyclic) bond motifs is 3. The Kier molecular flexibility index (Phi) is 10.6. The number of nitrogens with zero attached hydrogens (tertiary/aromatic N) is 3. The molecule has 48 heavy (non-hydrogen) atoms. The zero-order chi connectivity index (χ0) is 34.4. The van der Waals surface area contributed by atoms with Crippen molar-refractivity contribution in [2.75, 3.05) is 26.6 Å². The topological polar surface area (TPSA) is 167 Å². The molecule has 0 aliphatic heterocycles. The van der Waals surface area contributed by atoms with Gasteiger partial charge in [-0.2, -0.15) is 4.98 Å². The van der Waals surface area contributed by atoms with Gasteiger partial charge in [-0.15, -0.1) is 0 Å². The average Bonchev–Trinajstić information content (AvgIpc) is 3.46. The Bertz CT molecular complexity index is 1850. The number of carbonyl (C=O) groups excluding carboxylic acids is 2. The first-order valence-corrected chi connectivity index (χ1v) is 15.7. The van der Waals surface area contributed by atoms with E-state index in [-0.39, 0.29) is 41.3 Å². The summed E-state index contributed by atoms with van der Waals surface area (Å²) in [5.41, 5.74) is 3.54. The third-order valence-electron chi connectivity index (χ3n) is 8.52. The smallest absolute Gasteiger partial charge is 0.246 e. The lowest BCUT2D eigenvalue weighted by atomic mass is 9.95. The number of nitrogens with one attached hydrogen (secondary N) is 3. The molecule has 13 heteroatoms. The molecule has 4 aromatic rings. The Morgan fingerprint density at radius 3 is 2.54 bits per heavy atom. The highest BCUT2D eigenvalue weighted by Crippen LogP contribution is 2.50. The van der Waals surface area contributed by atoms with Crippen LogP contribution < -0.4 is 35.6 Å². The van der Waals surface area contributed by atoms with Crippen molar-refractivity contribution in [1.82, 2.24) is 25.8 Å². The molecule has 0 saturated carbocycles. The highest BCUT2D eigenvalue weighted by molar-refractivity contribution is 5.86. The second kappa shape index (κ2) is 15.0. The molecule has 0 radical (unpaired) electrons. The summed E-state index contributed by atoms with van der Waals surface area (Å²) in [6.45, 7) is 5.35. The SMILES string of the molecule is CC[C@@H](C)[C@H](Nc1ccc2c(cc1=O)[C@@H](NC(C)=O)CCc1cc(OC)c(OC)c(OC)c1-2)C(=O)NCc1nc(-c2cccnc2)no1. The van der Waals surface area contributed by atoms with E-state index in [0.29, 0.717) is 59.0 Å². The number of pyridine rings is 1. The molecule has 2 heterocycles. The fourth-order valence-electron chi connectivity index (χ4n) is 5.91. The first-order valence-electron chi connectivity index (χ1n) is 15.7. The number of carbonyl (C=O) groups is 2. The maximum absolute atomic E-state index is 13.9. The van der Waals surface area contributed by atoms with Gasteiger partial charge in [0.25, 0.3) is 0 Å². The molecule has 0 bridgehead atoms. The van der Waals surface area contributed by atoms with Gasteiger partial charge >= 0.3 is 0 Å². The fourth-order valence-corrected chi connectivity index (χ4v) is 5.91. The van der Waals surface area contributed by atoms with Gasteiger partial charge in [0.2, 0.25) is 34.7 Å². The molecule has 13 nitrogen and oxygen atoms in total. The van der Waals surface area contributed by atoms with Gasteiger partial charge in [-0.05, 0) is 65.8 Å². The summed E-state index contributed by atoms with van der Waals surface area (Å²) in [7, 11) is 4.64. The van der Waals surface area contributed by atoms with E-state index < -0.39 is 12.1 Å². The van der Waals surface area contributed by atoms with E-state index in [1.54, 1.807) is 38.7 Å². The molecule has 2 aromatic heterocycles. The lowest BCUT2D eigenvalue weighted by molar-refractivity contribution is -0.123. The quantitative estimate of drug-likeness (QED) is 0.197. The van der Waals surface area contributed by atoms with Crippen LogP contribution in [0.15, 0.2) is 58.1 Å². The minimum atomic E-state index is -0.761. The molecule has 0 unspecified atom stereocenters. The van der Waals surface area contributed by atoms with E-state index >= 15 is 0 Å². The number of amides is 2. The fraction of sp³-hybridized carbons (Fsp3) is 0.371. The van der Waals surface area contributed by atoms with Gasteiger partial charge in [0, 0.05) is 30.4 Å². The van der Waals surface area contributed by atoms with Crippen LogP contribution in [0.5, 0.6) is 17.2 Å². The van der Waals surface area contributed by atoms with Crippen molar-refractivity contribution in [3.05, 3.63) is 76.0 Å². The maximum atomic E-state index is 13.9. The van der Waals surface area contributed by atoms with Crippen LogP contribution >= 0.6 is 0 Å². The third-order valence-corrected chi connectivity index (χ3v) is 8.52. The molecule has 3 N–H and O–H groups in total. The summed E-state index contributed by atoms with van der Waals surface area (Å²) in [5, 5.41) is 13.1. The van der Waals surface area contributed by atoms with Crippen LogP contribution in [0.4, 0.5) is 5.69 Å². The van der Waals surface area contributed by atoms with Gasteiger partial charge in [-0.1, -0.05) is 31.5 Å². The molecule has 0 saturated heterocycles. The molecular formula is C35H40N6O7. The molecular weight excluding hydrogens is 616 g/mol. The van der Waals surface area contributed by atoms with Crippen LogP contribution in [0.25, 0.3) is 22.5 Å². The van der Waals surface area contributed by atoms with Crippen LogP contribution in [-0.2, 0) is 22.6 Å². The normalized spacial score (nSPS) is 14.8. The Morgan fingerprint density at radius 2 is 1.88 bits per heavy atom. The first-order chi connectivity index (χ1) is 23.2. The number of hydrogen-bond acceptors (Lipinski definition) is 11. The Hall–Kier alpha value is -5.46. The molecule has 5 rings (SSSR count). The molecule has 0 spiro atoms. The summed E-state index contributed by atoms with van der Waals surface area (Å²) in [6.07, 6.45) is 5.04. The molecule has 252 valence electrons. The van der Waals surface area contributed by atoms with E-state index in [1.165, 1.54) is 20.1 Å². The number of methoxy groups -OCH3 is 3. The lowest BCUT2D eigenvalue weighted by Gasteiger charge is -2.23. The molecule has 0 fully saturated rings. The second-order valence-corrected chi connectivity index (χ2v) is 11.6. The molecule has 1 aliphatic rings. The molecule has 1 aliphatic carbocycles. The van der Waals surface area contributed by atoms with E-state index in [2.05, 4.69) is 31.1 Å². The van der Waals surface area contributed by atoms with Crippen LogP contribution in [0.2, 0.25) is 0 Å². The van der Waals surface area contributed by atoms with Crippen LogP contribution in [0.1, 0.15) is 56.7 Å². The number of ether oxygens (including phenoxy) is 3. The van der Waals surface area contributed by atoms with Crippen molar-refractivity contribution in [3.63, 3.8) is 0 Å². The van der Waals surface area contributed by atoms with Gasteiger partial charge in [0.1, 0.15) is 6.04 Å². The number of anilines is 1. The van der Waals surface area contributed by atoms with Crippen LogP contribution in [-0.4, -0.2) is 54.3 Å². The van der Waals surface area contributed by atoms with Crippen molar-refractivity contribution in [2.24, 2.45) is 5.92 Å². The van der Waals surface area contributed by atoms with Crippen molar-refractivity contribution >= 4 is 17.5 Å². The number of aryl methyl sites for hydroxylation is 1. The van der Waals surface area contributed by atoms with E-state index in [0.717, 1.165) is 11.1 Å². The monoisotopic (exact) mass is 656 g/mol. The largest absolute Gasteiger partial charge is 0.493 e. The van der Waals surface area contributed by atoms with Gasteiger partial charge in [0.15, 0.2) is 11.5 Å². The molecule has 2 amide bonds. The molecule has 2 aromatic carbocycles. The zero-order valence-electron chi connectivity index (χ0n) is 27.9. The van der Waals surface area contributed by atoms with Gasteiger partial charge in [0.05, 0.1) is 39.6 Å². The number of rotatable bonds is 12. The highest BCUT2D eigenvalue weighted by atomic mass is 16.5. The number of hydrogen-bond donors (Lipinski definition) is 3. The summed E-state index contributed by atoms with van der Waals surface area (Å²) in [4.78, 5) is 48.2. The maximum Gasteiger partial charge on any atom is 0.246 e. The number of benzene rings is 1. The highest BCUT2D eigenvalue weighted by Gasteiger charge is 2.30. The lowest BCUT2D eigenvalue weighted by Crippen LogP contribution is -2.44. The third kappa shape index (κ3) is 7.09. The summed E-state index contributed by atoms with van der Waals surface area (Å²) in [5.74, 6) is 1.27. The van der Waals surface area contributed by atoms with Gasteiger partial charge in [-0.3, -0.25) is 19.4 Å². The first kappa shape index (κ1) is 33.9. The van der Waals surface area contributed by atoms with E-state index in [4.69, 9.17) is 18.7 Å². The zero-order valence-corrected chi connectivity index (χ0v) is 27.9. The van der Waals surface area contributed by atoms with Gasteiger partial charge in [-0.25, -0.2) is 0 Å². The van der Waals surface area contributed by atoms with E-state index in [1.807, 2.05) is 32.0 Å². The summed E-state index contributed by atoms with van der Waals surface area (Å²) >= 11 is 0. The predicted octanol–water partition coefficient (Wildman–Crippen LogP) is 4.45. The molecule has 3 atom stereocenters. The van der Waals surface area contributed by atoms with Crippen LogP contribution in [0.3, 0.4) is 0 Å². The average molecular weight is 657 g/mol. The standard InChI is InChI=1S/C35H40N6O7/c1-7-19(2)31(35(44)37-18-29-40-34(41-48-29)22-9-8-14-36-17-22)39-26-13-11-23-24(16-27(26)43)25(38-20(3)42)12-10-21-15-28(45-4)32(46-5)33(47-6)30(21)23/h8-9,11,13-17,19,25,31H,7,10,12,18H2,1-6H3,(H,37,44)(H,38,42)(H,39,43)/t19-,25+,31+/m1/s1. The minimum Gasteiger partial charge on any atom is -0.493 e. The number of aromatic nitrogens is 3.